The monoisotopic (exact) mass is 382 g/mol. The van der Waals surface area contributed by atoms with Gasteiger partial charge in [0.2, 0.25) is 0 Å². The van der Waals surface area contributed by atoms with E-state index in [4.69, 9.17) is 0 Å². The fourth-order valence-corrected chi connectivity index (χ4v) is 5.67. The van der Waals surface area contributed by atoms with Crippen LogP contribution in [0.3, 0.4) is 0 Å². The number of hydrogen-bond acceptors (Lipinski definition) is 1. The normalized spacial score (nSPS) is 36.4. The predicted octanol–water partition coefficient (Wildman–Crippen LogP) is 7.25. The van der Waals surface area contributed by atoms with E-state index in [0.29, 0.717) is 11.8 Å². The van der Waals surface area contributed by atoms with Crippen LogP contribution < -0.4 is 0 Å². The number of fused-ring (bicyclic) bond motifs is 1. The van der Waals surface area contributed by atoms with Gasteiger partial charge in [-0.3, -0.25) is 0 Å². The number of aliphatic hydroxyl groups is 1. The fourth-order valence-electron chi connectivity index (χ4n) is 5.67. The van der Waals surface area contributed by atoms with Gasteiger partial charge >= 0.3 is 0 Å². The van der Waals surface area contributed by atoms with E-state index in [-0.39, 0.29) is 6.10 Å². The molecule has 3 aliphatic rings. The Labute approximate surface area is 173 Å². The molecule has 0 amide bonds. The van der Waals surface area contributed by atoms with Crippen molar-refractivity contribution >= 4 is 0 Å². The Kier molecular flexibility index (Phi) is 7.42. The molecular weight excluding hydrogens is 340 g/mol. The lowest BCUT2D eigenvalue weighted by molar-refractivity contribution is 0.158. The smallest absolute Gasteiger partial charge is 0.0583 e. The van der Waals surface area contributed by atoms with E-state index in [0.717, 1.165) is 42.9 Å². The molecular formula is C27H42O. The van der Waals surface area contributed by atoms with Crippen LogP contribution in [0, 0.1) is 35.5 Å². The number of allylic oxidation sites excluding steroid dienone is 6. The molecule has 156 valence electrons. The summed E-state index contributed by atoms with van der Waals surface area (Å²) in [7, 11) is 0. The minimum absolute atomic E-state index is 0.175. The van der Waals surface area contributed by atoms with Crippen molar-refractivity contribution in [1.29, 1.82) is 0 Å². The Hall–Kier alpha value is -1.08. The Morgan fingerprint density at radius 2 is 1.75 bits per heavy atom. The van der Waals surface area contributed by atoms with Crippen LogP contribution >= 0.6 is 0 Å². The summed E-state index contributed by atoms with van der Waals surface area (Å²) in [6.45, 7) is 13.7. The van der Waals surface area contributed by atoms with Crippen LogP contribution in [0.5, 0.6) is 0 Å². The molecule has 3 unspecified atom stereocenters. The van der Waals surface area contributed by atoms with E-state index in [2.05, 4.69) is 58.6 Å². The van der Waals surface area contributed by atoms with E-state index in [9.17, 15) is 5.11 Å². The van der Waals surface area contributed by atoms with Crippen LogP contribution in [0.1, 0.15) is 79.1 Å². The topological polar surface area (TPSA) is 20.2 Å². The first kappa shape index (κ1) is 21.6. The van der Waals surface area contributed by atoms with E-state index < -0.39 is 0 Å². The zero-order chi connectivity index (χ0) is 20.3. The maximum absolute atomic E-state index is 9.99. The molecule has 0 saturated heterocycles. The maximum Gasteiger partial charge on any atom is 0.0583 e. The van der Waals surface area contributed by atoms with Gasteiger partial charge in [-0.15, -0.1) is 0 Å². The molecule has 1 N–H and O–H groups in total. The Morgan fingerprint density at radius 3 is 2.50 bits per heavy atom. The molecule has 0 bridgehead atoms. The van der Waals surface area contributed by atoms with Crippen LogP contribution in [0.25, 0.3) is 0 Å². The highest BCUT2D eigenvalue weighted by Gasteiger charge is 2.41. The van der Waals surface area contributed by atoms with Gasteiger partial charge in [0.1, 0.15) is 0 Å². The molecule has 1 heteroatoms. The van der Waals surface area contributed by atoms with Gasteiger partial charge in [0.25, 0.3) is 0 Å². The lowest BCUT2D eigenvalue weighted by Crippen LogP contribution is -2.24. The van der Waals surface area contributed by atoms with Crippen molar-refractivity contribution in [2.75, 3.05) is 0 Å². The van der Waals surface area contributed by atoms with E-state index in [1.54, 1.807) is 5.57 Å². The maximum atomic E-state index is 9.99. The average Bonchev–Trinajstić information content (AvgIpc) is 3.11. The minimum Gasteiger partial charge on any atom is -0.393 e. The molecule has 6 atom stereocenters. The highest BCUT2D eigenvalue weighted by molar-refractivity contribution is 5.36. The van der Waals surface area contributed by atoms with Crippen molar-refractivity contribution in [3.05, 3.63) is 47.6 Å². The summed E-state index contributed by atoms with van der Waals surface area (Å²) in [5.41, 5.74) is 4.18. The van der Waals surface area contributed by atoms with Crippen molar-refractivity contribution < 1.29 is 5.11 Å². The zero-order valence-electron chi connectivity index (χ0n) is 18.7. The third-order valence-electron chi connectivity index (χ3n) is 7.99. The summed E-state index contributed by atoms with van der Waals surface area (Å²) in [5, 5.41) is 9.99. The summed E-state index contributed by atoms with van der Waals surface area (Å²) in [4.78, 5) is 0. The largest absolute Gasteiger partial charge is 0.393 e. The first-order valence-electron chi connectivity index (χ1n) is 11.8. The third-order valence-corrected chi connectivity index (χ3v) is 7.99. The summed E-state index contributed by atoms with van der Waals surface area (Å²) >= 11 is 0. The molecule has 0 aliphatic heterocycles. The zero-order valence-corrected chi connectivity index (χ0v) is 18.7. The Morgan fingerprint density at radius 1 is 0.964 bits per heavy atom. The number of aliphatic hydroxyl groups excluding tert-OH is 1. The molecule has 0 heterocycles. The molecule has 1 nitrogen and oxygen atoms in total. The van der Waals surface area contributed by atoms with Gasteiger partial charge in [0, 0.05) is 0 Å². The minimum atomic E-state index is -0.175. The van der Waals surface area contributed by atoms with E-state index >= 15 is 0 Å². The van der Waals surface area contributed by atoms with Crippen LogP contribution in [-0.2, 0) is 0 Å². The van der Waals surface area contributed by atoms with Crippen molar-refractivity contribution in [2.45, 2.75) is 85.2 Å². The first-order valence-corrected chi connectivity index (χ1v) is 11.8. The quantitative estimate of drug-likeness (QED) is 0.496. The Balaban J connectivity index is 1.68. The van der Waals surface area contributed by atoms with Crippen molar-refractivity contribution in [3.63, 3.8) is 0 Å². The molecule has 0 radical (unpaired) electrons. The predicted molar refractivity (Wildman–Crippen MR) is 121 cm³/mol. The second kappa shape index (κ2) is 9.61. The summed E-state index contributed by atoms with van der Waals surface area (Å²) in [5.74, 6) is 4.60. The van der Waals surface area contributed by atoms with Crippen molar-refractivity contribution in [2.24, 2.45) is 35.5 Å². The molecule has 0 spiro atoms. The van der Waals surface area contributed by atoms with Gasteiger partial charge in [-0.05, 0) is 92.4 Å². The summed E-state index contributed by atoms with van der Waals surface area (Å²) in [6.07, 6.45) is 18.9. The molecule has 0 aromatic rings. The molecule has 0 aromatic carbocycles. The second-order valence-corrected chi connectivity index (χ2v) is 10.2. The summed E-state index contributed by atoms with van der Waals surface area (Å²) < 4.78 is 0. The van der Waals surface area contributed by atoms with Gasteiger partial charge in [0.15, 0.2) is 0 Å². The van der Waals surface area contributed by atoms with Gasteiger partial charge in [-0.1, -0.05) is 69.7 Å². The molecule has 3 rings (SSSR count). The third kappa shape index (κ3) is 5.09. The van der Waals surface area contributed by atoms with Crippen LogP contribution in [-0.4, -0.2) is 11.2 Å². The number of rotatable bonds is 5. The fraction of sp³-hybridized carbons (Fsp3) is 0.704. The second-order valence-electron chi connectivity index (χ2n) is 10.2. The molecule has 3 aliphatic carbocycles. The van der Waals surface area contributed by atoms with E-state index in [1.165, 1.54) is 43.3 Å². The van der Waals surface area contributed by atoms with Gasteiger partial charge in [-0.2, -0.15) is 0 Å². The van der Waals surface area contributed by atoms with Gasteiger partial charge in [-0.25, -0.2) is 0 Å². The van der Waals surface area contributed by atoms with Crippen LogP contribution in [0.4, 0.5) is 0 Å². The van der Waals surface area contributed by atoms with E-state index in [1.807, 2.05) is 0 Å². The summed E-state index contributed by atoms with van der Waals surface area (Å²) in [6, 6.07) is 0. The molecule has 3 saturated carbocycles. The SMILES string of the molecule is C=C1CC[C@H](O)C/C1=C/C=C1\CCCC2C1CCC2[C@H](C)/C=C/[C@H](C)C(C)C. The lowest BCUT2D eigenvalue weighted by atomic mass is 9.71. The standard InChI is InChI=1S/C27H42O/c1-18(2)19(3)9-10-21(5)25-15-16-26-22(7-6-8-27(25)26)12-13-23-17-24(28)14-11-20(23)4/h9-10,12-13,18-19,21,24-28H,4,6-8,11,14-17H2,1-3,5H3/b10-9+,22-12+,23-13-/t19-,21+,24-,25?,26?,27?/m0/s1. The van der Waals surface area contributed by atoms with Gasteiger partial charge < -0.3 is 5.11 Å². The van der Waals surface area contributed by atoms with Gasteiger partial charge in [0.05, 0.1) is 6.10 Å². The number of hydrogen-bond donors (Lipinski definition) is 1. The molecule has 28 heavy (non-hydrogen) atoms. The lowest BCUT2D eigenvalue weighted by Gasteiger charge is -2.33. The Bertz CT molecular complexity index is 635. The average molecular weight is 383 g/mol. The highest BCUT2D eigenvalue weighted by atomic mass is 16.3. The molecule has 3 fully saturated rings. The van der Waals surface area contributed by atoms with Crippen LogP contribution in [0.15, 0.2) is 47.6 Å². The van der Waals surface area contributed by atoms with Crippen molar-refractivity contribution in [3.8, 4) is 0 Å². The highest BCUT2D eigenvalue weighted by Crippen LogP contribution is 2.51. The van der Waals surface area contributed by atoms with Crippen LogP contribution in [0.2, 0.25) is 0 Å². The first-order chi connectivity index (χ1) is 13.4. The molecule has 0 aromatic heterocycles. The van der Waals surface area contributed by atoms with Crippen molar-refractivity contribution in [1.82, 2.24) is 0 Å².